The van der Waals surface area contributed by atoms with Crippen LogP contribution in [0.15, 0.2) is 188 Å². The molecule has 0 aliphatic heterocycles. The van der Waals surface area contributed by atoms with Gasteiger partial charge < -0.3 is 56.0 Å². The number of nitrogen functional groups attached to an aromatic ring is 6. The highest BCUT2D eigenvalue weighted by atomic mass is 14.6. The Morgan fingerprint density at radius 3 is 0.374 bits per heavy atom. The third-order valence-electron chi connectivity index (χ3n) is 17.4. The van der Waals surface area contributed by atoms with Crippen LogP contribution < -0.4 is 34.4 Å². The summed E-state index contributed by atoms with van der Waals surface area (Å²) in [5.74, 6) is 0. The number of nitrogens with two attached hydrogens (primary N) is 6. The summed E-state index contributed by atoms with van der Waals surface area (Å²) in [6.45, 7) is 40.3. The first-order valence-corrected chi connectivity index (χ1v) is 30.5. The molecule has 10 heteroatoms. The van der Waals surface area contributed by atoms with Crippen LogP contribution in [0.2, 0.25) is 0 Å². The van der Waals surface area contributed by atoms with Gasteiger partial charge in [-0.25, -0.2) is 0 Å². The maximum atomic E-state index is 7.89. The summed E-state index contributed by atoms with van der Waals surface area (Å²) in [6, 6.07) is 25.6. The van der Waals surface area contributed by atoms with Crippen LogP contribution in [0, 0.1) is 105 Å². The van der Waals surface area contributed by atoms with Crippen LogP contribution in [-0.4, -0.2) is 22.8 Å². The summed E-state index contributed by atoms with van der Waals surface area (Å²) < 4.78 is 0. The Morgan fingerprint density at radius 2 is 0.286 bits per heavy atom. The zero-order valence-electron chi connectivity index (χ0n) is 58.0. The van der Waals surface area contributed by atoms with Gasteiger partial charge >= 0.3 is 1.43 Å². The van der Waals surface area contributed by atoms with E-state index in [1.807, 2.05) is 187 Å². The minimum absolute atomic E-state index is 0. The normalized spacial score (nSPS) is 14.4. The molecule has 4 aliphatic carbocycles. The number of benzene rings is 6. The van der Waals surface area contributed by atoms with Crippen LogP contribution >= 0.6 is 0 Å². The Balaban J connectivity index is 0.000000244. The molecule has 0 radical (unpaired) electrons. The van der Waals surface area contributed by atoms with E-state index in [9.17, 15) is 0 Å². The monoisotopic (exact) mass is 1210 g/mol. The van der Waals surface area contributed by atoms with Crippen molar-refractivity contribution in [3.8, 4) is 33.4 Å². The molecule has 474 valence electrons. The molecular weight excluding hydrogens is 1110 g/mol. The highest BCUT2D eigenvalue weighted by molar-refractivity contribution is 6.14. The van der Waals surface area contributed by atoms with E-state index in [0.717, 1.165) is 168 Å². The highest BCUT2D eigenvalue weighted by Gasteiger charge is 2.18. The van der Waals surface area contributed by atoms with Crippen LogP contribution in [0.25, 0.3) is 33.4 Å². The minimum atomic E-state index is 0. The molecule has 6 aromatic rings. The van der Waals surface area contributed by atoms with E-state index in [4.69, 9.17) is 56.0 Å². The SMILES string of the molecule is C.CC1=CC(=C2C=C(C)C(=N)C(C)=C2)C=C(C)C1=N.CC1=CC(=C2C=C(C)C(=N)C(C)=C2)C=C(C)C1=N.Cc1cc(-c2cc(C)c(N)c(C)c2)cc(C)c1N.Cc1cc(-c2cc(C)c(N)c(C)c2)cc(C)c1N.Cc1cc(-c2cc(C)c(N)c(C)c2)cc(C)c1N.[H+]. The maximum Gasteiger partial charge on any atom is 1.00 e. The first-order valence-electron chi connectivity index (χ1n) is 30.5. The second kappa shape index (κ2) is 29.7. The molecule has 0 saturated heterocycles. The quantitative estimate of drug-likeness (QED) is 0.0771. The van der Waals surface area contributed by atoms with Crippen molar-refractivity contribution < 1.29 is 1.43 Å². The Morgan fingerprint density at radius 1 is 0.198 bits per heavy atom. The molecule has 0 unspecified atom stereocenters. The number of rotatable bonds is 3. The van der Waals surface area contributed by atoms with Crippen LogP contribution in [-0.2, 0) is 0 Å². The summed E-state index contributed by atoms with van der Waals surface area (Å²) in [6.07, 6.45) is 16.4. The van der Waals surface area contributed by atoms with Gasteiger partial charge in [0, 0.05) is 34.1 Å². The van der Waals surface area contributed by atoms with Gasteiger partial charge in [0.05, 0.1) is 22.8 Å². The summed E-state index contributed by atoms with van der Waals surface area (Å²) in [5.41, 5.74) is 76.8. The van der Waals surface area contributed by atoms with Crippen LogP contribution in [0.1, 0.15) is 131 Å². The molecule has 0 heterocycles. The summed E-state index contributed by atoms with van der Waals surface area (Å²) in [5, 5.41) is 31.6. The molecule has 0 amide bonds. The lowest BCUT2D eigenvalue weighted by molar-refractivity contribution is 1.31. The Kier molecular flexibility index (Phi) is 23.5. The second-order valence-electron chi connectivity index (χ2n) is 25.1. The fraction of sp³-hybridized carbons (Fsp3) is 0.259. The largest absolute Gasteiger partial charge is 1.00 e. The van der Waals surface area contributed by atoms with Gasteiger partial charge in [0.15, 0.2) is 0 Å². The van der Waals surface area contributed by atoms with Crippen molar-refractivity contribution in [3.05, 3.63) is 255 Å². The lowest BCUT2D eigenvalue weighted by Gasteiger charge is -2.17. The predicted molar refractivity (Wildman–Crippen MR) is 402 cm³/mol. The standard InChI is InChI=1S/3C16H20N2.2C16H18N2.CH4/c5*1-9-5-13(6-10(2)15(9)17)14-7-11(3)16(18)12(4)8-14;/h3*5-8H,17-18H2,1-4H3;2*5-8,17-18H,1-4H3;1H4/p+1. The molecular formula is C81H101N10+. The number of hydrogen-bond donors (Lipinski definition) is 10. The molecule has 4 aliphatic rings. The Bertz CT molecular complexity index is 3460. The molecule has 6 aromatic carbocycles. The Hall–Kier alpha value is -9.80. The summed E-state index contributed by atoms with van der Waals surface area (Å²) in [4.78, 5) is 0. The fourth-order valence-electron chi connectivity index (χ4n) is 11.4. The van der Waals surface area contributed by atoms with Gasteiger partial charge in [-0.15, -0.1) is 0 Å². The predicted octanol–water partition coefficient (Wildman–Crippen LogP) is 20.3. The van der Waals surface area contributed by atoms with Gasteiger partial charge in [-0.3, -0.25) is 0 Å². The van der Waals surface area contributed by atoms with Crippen LogP contribution in [0.5, 0.6) is 0 Å². The molecule has 0 aromatic heterocycles. The van der Waals surface area contributed by atoms with E-state index >= 15 is 0 Å². The highest BCUT2D eigenvalue weighted by Crippen LogP contribution is 2.35. The smallest absolute Gasteiger partial charge is 0.398 e. The maximum absolute atomic E-state index is 7.89. The number of aryl methyl sites for hydroxylation is 12. The van der Waals surface area contributed by atoms with Gasteiger partial charge in [-0.2, -0.15) is 0 Å². The minimum Gasteiger partial charge on any atom is -0.398 e. The zero-order valence-corrected chi connectivity index (χ0v) is 57.0. The van der Waals surface area contributed by atoms with Crippen molar-refractivity contribution in [2.24, 2.45) is 0 Å². The average molecular weight is 1210 g/mol. The molecule has 10 rings (SSSR count). The van der Waals surface area contributed by atoms with Gasteiger partial charge in [-0.1, -0.05) is 7.43 Å². The van der Waals surface area contributed by atoms with Crippen LogP contribution in [0.4, 0.5) is 34.1 Å². The third-order valence-corrected chi connectivity index (χ3v) is 17.4. The van der Waals surface area contributed by atoms with Crippen LogP contribution in [0.3, 0.4) is 0 Å². The van der Waals surface area contributed by atoms with E-state index in [0.29, 0.717) is 22.8 Å². The zero-order chi connectivity index (χ0) is 67.2. The molecule has 0 spiro atoms. The van der Waals surface area contributed by atoms with Crippen molar-refractivity contribution in [3.63, 3.8) is 0 Å². The number of anilines is 6. The van der Waals surface area contributed by atoms with E-state index in [2.05, 4.69) is 72.8 Å². The topological polar surface area (TPSA) is 252 Å². The third kappa shape index (κ3) is 16.9. The number of nitrogens with one attached hydrogen (secondary N) is 4. The van der Waals surface area contributed by atoms with Crippen molar-refractivity contribution in [2.75, 3.05) is 34.4 Å². The molecule has 0 fully saturated rings. The van der Waals surface area contributed by atoms with Crippen molar-refractivity contribution in [2.45, 2.75) is 146 Å². The molecule has 0 atom stereocenters. The van der Waals surface area contributed by atoms with E-state index < -0.39 is 0 Å². The van der Waals surface area contributed by atoms with Crippen molar-refractivity contribution >= 4 is 57.0 Å². The molecule has 16 N–H and O–H groups in total. The first-order chi connectivity index (χ1) is 42.0. The average Bonchev–Trinajstić information content (AvgIpc) is 1.46. The fourth-order valence-corrected chi connectivity index (χ4v) is 11.4. The molecule has 91 heavy (non-hydrogen) atoms. The van der Waals surface area contributed by atoms with E-state index in [1.165, 1.54) is 33.4 Å². The lowest BCUT2D eigenvalue weighted by atomic mass is 9.88. The van der Waals surface area contributed by atoms with E-state index in [-0.39, 0.29) is 8.85 Å². The number of allylic oxidation sites excluding steroid dienone is 20. The summed E-state index contributed by atoms with van der Waals surface area (Å²) in [7, 11) is 0. The summed E-state index contributed by atoms with van der Waals surface area (Å²) >= 11 is 0. The second-order valence-corrected chi connectivity index (χ2v) is 25.1. The number of hydrogen-bond acceptors (Lipinski definition) is 10. The molecule has 0 saturated carbocycles. The van der Waals surface area contributed by atoms with Gasteiger partial charge in [0.25, 0.3) is 0 Å². The van der Waals surface area contributed by atoms with Gasteiger partial charge in [0.1, 0.15) is 0 Å². The van der Waals surface area contributed by atoms with Crippen molar-refractivity contribution in [1.82, 2.24) is 0 Å². The van der Waals surface area contributed by atoms with E-state index in [1.54, 1.807) is 0 Å². The lowest BCUT2D eigenvalue weighted by Crippen LogP contribution is -2.09. The molecule has 10 nitrogen and oxygen atoms in total. The Labute approximate surface area is 546 Å². The first kappa shape index (κ1) is 71.9. The van der Waals surface area contributed by atoms with Gasteiger partial charge in [-0.05, 0) is 427 Å². The van der Waals surface area contributed by atoms with Gasteiger partial charge in [0.2, 0.25) is 0 Å². The van der Waals surface area contributed by atoms with Crippen molar-refractivity contribution in [1.29, 1.82) is 21.6 Å². The molecule has 0 bridgehead atoms.